The zero-order valence-electron chi connectivity index (χ0n) is 10.7. The quantitative estimate of drug-likeness (QED) is 0.879. The van der Waals surface area contributed by atoms with Crippen LogP contribution in [0.4, 0.5) is 4.39 Å². The number of halogens is 1. The van der Waals surface area contributed by atoms with E-state index in [0.29, 0.717) is 13.0 Å². The summed E-state index contributed by atoms with van der Waals surface area (Å²) in [7, 11) is 0. The Bertz CT molecular complexity index is 533. The first-order valence-electron chi connectivity index (χ1n) is 6.19. The fraction of sp³-hybridized carbons (Fsp3) is 0.333. The van der Waals surface area contributed by atoms with Crippen molar-refractivity contribution in [3.8, 4) is 0 Å². The molecular weight excluding hydrogens is 229 g/mol. The monoisotopic (exact) mass is 247 g/mol. The molecule has 0 spiro atoms. The van der Waals surface area contributed by atoms with Gasteiger partial charge in [0, 0.05) is 18.9 Å². The molecule has 1 N–H and O–H groups in total. The Labute approximate surface area is 107 Å². The molecule has 18 heavy (non-hydrogen) atoms. The number of hydrogen-bond donors (Lipinski definition) is 1. The molecule has 0 aliphatic heterocycles. The van der Waals surface area contributed by atoms with Gasteiger partial charge in [-0.15, -0.1) is 0 Å². The Hall–Kier alpha value is -1.61. The van der Waals surface area contributed by atoms with Crippen LogP contribution in [0.2, 0.25) is 0 Å². The number of aromatic nitrogens is 1. The molecule has 0 fully saturated rings. The van der Waals surface area contributed by atoms with Crippen LogP contribution in [0.5, 0.6) is 0 Å². The largest absolute Gasteiger partial charge is 0.388 e. The van der Waals surface area contributed by atoms with Crippen molar-refractivity contribution in [1.29, 1.82) is 0 Å². The van der Waals surface area contributed by atoms with Crippen LogP contribution in [0.25, 0.3) is 0 Å². The van der Waals surface area contributed by atoms with E-state index in [2.05, 4.69) is 0 Å². The van der Waals surface area contributed by atoms with E-state index in [4.69, 9.17) is 0 Å². The van der Waals surface area contributed by atoms with Crippen LogP contribution in [0.1, 0.15) is 36.1 Å². The second-order valence-electron chi connectivity index (χ2n) is 4.61. The van der Waals surface area contributed by atoms with Crippen molar-refractivity contribution in [2.24, 2.45) is 0 Å². The lowest BCUT2D eigenvalue weighted by atomic mass is 10.1. The van der Waals surface area contributed by atoms with Gasteiger partial charge in [0.15, 0.2) is 0 Å². The molecule has 1 aromatic heterocycles. The molecule has 2 nitrogen and oxygen atoms in total. The van der Waals surface area contributed by atoms with Gasteiger partial charge in [-0.3, -0.25) is 0 Å². The summed E-state index contributed by atoms with van der Waals surface area (Å²) in [5, 5.41) is 9.74. The highest BCUT2D eigenvalue weighted by Crippen LogP contribution is 2.18. The van der Waals surface area contributed by atoms with Gasteiger partial charge in [0.1, 0.15) is 5.82 Å². The van der Waals surface area contributed by atoms with E-state index in [0.717, 1.165) is 16.7 Å². The van der Waals surface area contributed by atoms with E-state index in [1.165, 1.54) is 6.07 Å². The minimum atomic E-state index is -0.402. The topological polar surface area (TPSA) is 25.2 Å². The van der Waals surface area contributed by atoms with Crippen molar-refractivity contribution in [2.75, 3.05) is 0 Å². The molecule has 1 heterocycles. The molecule has 96 valence electrons. The van der Waals surface area contributed by atoms with E-state index in [-0.39, 0.29) is 5.82 Å². The molecule has 1 aromatic carbocycles. The number of benzene rings is 1. The van der Waals surface area contributed by atoms with Gasteiger partial charge in [-0.1, -0.05) is 13.0 Å². The molecule has 1 atom stereocenters. The first-order valence-corrected chi connectivity index (χ1v) is 6.19. The third-order valence-corrected chi connectivity index (χ3v) is 3.20. The zero-order chi connectivity index (χ0) is 13.1. The minimum Gasteiger partial charge on any atom is -0.388 e. The highest BCUT2D eigenvalue weighted by Gasteiger charge is 2.07. The Morgan fingerprint density at radius 2 is 2.11 bits per heavy atom. The number of aliphatic hydroxyl groups excluding tert-OH is 1. The molecule has 2 aromatic rings. The Morgan fingerprint density at radius 1 is 1.33 bits per heavy atom. The van der Waals surface area contributed by atoms with E-state index in [9.17, 15) is 9.50 Å². The standard InChI is InChI=1S/C15H18FNO/c1-3-15(18)13-6-7-17(10-13)9-12-4-5-14(16)8-11(12)2/h4-8,10,15,18H,3,9H2,1-2H3. The molecule has 0 aliphatic carbocycles. The molecule has 0 amide bonds. The van der Waals surface area contributed by atoms with Crippen LogP contribution in [-0.4, -0.2) is 9.67 Å². The van der Waals surface area contributed by atoms with E-state index >= 15 is 0 Å². The van der Waals surface area contributed by atoms with Gasteiger partial charge in [-0.2, -0.15) is 0 Å². The Morgan fingerprint density at radius 3 is 2.78 bits per heavy atom. The lowest BCUT2D eigenvalue weighted by Gasteiger charge is -2.08. The SMILES string of the molecule is CCC(O)c1ccn(Cc2ccc(F)cc2C)c1. The number of hydrogen-bond acceptors (Lipinski definition) is 1. The molecule has 3 heteroatoms. The van der Waals surface area contributed by atoms with Crippen molar-refractivity contribution in [3.63, 3.8) is 0 Å². The smallest absolute Gasteiger partial charge is 0.123 e. The van der Waals surface area contributed by atoms with Crippen LogP contribution < -0.4 is 0 Å². The summed E-state index contributed by atoms with van der Waals surface area (Å²) in [4.78, 5) is 0. The van der Waals surface area contributed by atoms with Crippen molar-refractivity contribution >= 4 is 0 Å². The predicted octanol–water partition coefficient (Wildman–Crippen LogP) is 3.43. The summed E-state index contributed by atoms with van der Waals surface area (Å²) < 4.78 is 15.0. The maximum absolute atomic E-state index is 13.0. The lowest BCUT2D eigenvalue weighted by Crippen LogP contribution is -2.00. The molecular formula is C15H18FNO. The molecule has 0 aliphatic rings. The Balaban J connectivity index is 2.16. The van der Waals surface area contributed by atoms with Crippen LogP contribution >= 0.6 is 0 Å². The number of aryl methyl sites for hydroxylation is 1. The molecule has 1 unspecified atom stereocenters. The molecule has 2 rings (SSSR count). The summed E-state index contributed by atoms with van der Waals surface area (Å²) in [5.74, 6) is -0.203. The third-order valence-electron chi connectivity index (χ3n) is 3.20. The van der Waals surface area contributed by atoms with Gasteiger partial charge < -0.3 is 9.67 Å². The summed E-state index contributed by atoms with van der Waals surface area (Å²) in [5.41, 5.74) is 2.96. The predicted molar refractivity (Wildman–Crippen MR) is 69.9 cm³/mol. The number of rotatable bonds is 4. The number of aliphatic hydroxyl groups is 1. The summed E-state index contributed by atoms with van der Waals surface area (Å²) >= 11 is 0. The highest BCUT2D eigenvalue weighted by atomic mass is 19.1. The van der Waals surface area contributed by atoms with Gasteiger partial charge in [0.2, 0.25) is 0 Å². The van der Waals surface area contributed by atoms with Gasteiger partial charge in [-0.05, 0) is 48.2 Å². The third kappa shape index (κ3) is 2.79. The van der Waals surface area contributed by atoms with Crippen LogP contribution in [0.3, 0.4) is 0 Å². The van der Waals surface area contributed by atoms with Gasteiger partial charge in [0.05, 0.1) is 6.10 Å². The molecule has 0 saturated carbocycles. The average molecular weight is 247 g/mol. The second-order valence-corrected chi connectivity index (χ2v) is 4.61. The van der Waals surface area contributed by atoms with Gasteiger partial charge in [-0.25, -0.2) is 4.39 Å². The first kappa shape index (κ1) is 12.8. The maximum atomic E-state index is 13.0. The zero-order valence-corrected chi connectivity index (χ0v) is 10.7. The van der Waals surface area contributed by atoms with Gasteiger partial charge in [0.25, 0.3) is 0 Å². The normalized spacial score (nSPS) is 12.7. The van der Waals surface area contributed by atoms with Crippen molar-refractivity contribution in [2.45, 2.75) is 32.9 Å². The van der Waals surface area contributed by atoms with Crippen molar-refractivity contribution in [1.82, 2.24) is 4.57 Å². The summed E-state index contributed by atoms with van der Waals surface area (Å²) in [6.45, 7) is 4.55. The number of nitrogens with zero attached hydrogens (tertiary/aromatic N) is 1. The first-order chi connectivity index (χ1) is 8.60. The van der Waals surface area contributed by atoms with Crippen LogP contribution in [-0.2, 0) is 6.54 Å². The lowest BCUT2D eigenvalue weighted by molar-refractivity contribution is 0.173. The Kier molecular flexibility index (Phi) is 3.82. The van der Waals surface area contributed by atoms with Crippen molar-refractivity contribution < 1.29 is 9.50 Å². The fourth-order valence-corrected chi connectivity index (χ4v) is 2.02. The maximum Gasteiger partial charge on any atom is 0.123 e. The molecule has 0 bridgehead atoms. The van der Waals surface area contributed by atoms with Gasteiger partial charge >= 0.3 is 0 Å². The highest BCUT2D eigenvalue weighted by molar-refractivity contribution is 5.27. The minimum absolute atomic E-state index is 0.203. The van der Waals surface area contributed by atoms with Crippen LogP contribution in [0.15, 0.2) is 36.7 Å². The van der Waals surface area contributed by atoms with E-state index in [1.54, 1.807) is 12.1 Å². The molecule has 0 saturated heterocycles. The summed E-state index contributed by atoms with van der Waals surface area (Å²) in [6, 6.07) is 6.75. The van der Waals surface area contributed by atoms with E-state index < -0.39 is 6.10 Å². The average Bonchev–Trinajstić information content (AvgIpc) is 2.80. The fourth-order valence-electron chi connectivity index (χ4n) is 2.02. The second kappa shape index (κ2) is 5.36. The van der Waals surface area contributed by atoms with Crippen LogP contribution in [0, 0.1) is 12.7 Å². The summed E-state index contributed by atoms with van der Waals surface area (Å²) in [6.07, 6.45) is 4.19. The molecule has 0 radical (unpaired) electrons. The van der Waals surface area contributed by atoms with E-state index in [1.807, 2.05) is 36.9 Å². The van der Waals surface area contributed by atoms with Crippen molar-refractivity contribution in [3.05, 3.63) is 59.2 Å².